The molecule has 0 bridgehead atoms. The van der Waals surface area contributed by atoms with Gasteiger partial charge in [-0.2, -0.15) is 0 Å². The number of fused-ring (bicyclic) bond motifs is 2. The van der Waals surface area contributed by atoms with Crippen LogP contribution in [0.15, 0.2) is 66.7 Å². The zero-order valence-corrected chi connectivity index (χ0v) is 24.8. The summed E-state index contributed by atoms with van der Waals surface area (Å²) >= 11 is 12.6. The molecule has 0 N–H and O–H groups in total. The predicted molar refractivity (Wildman–Crippen MR) is 160 cm³/mol. The van der Waals surface area contributed by atoms with Gasteiger partial charge in [0.2, 0.25) is 5.91 Å². The molecule has 216 valence electrons. The molecule has 3 aromatic rings. The number of likely N-dealkylation sites (N-methyl/N-ethyl adjacent to an activating group) is 1. The van der Waals surface area contributed by atoms with E-state index in [9.17, 15) is 14.0 Å². The fraction of sp³-hybridized carbons (Fsp3) is 0.375. The average molecular weight is 599 g/mol. The van der Waals surface area contributed by atoms with Crippen LogP contribution in [0.3, 0.4) is 0 Å². The summed E-state index contributed by atoms with van der Waals surface area (Å²) in [5, 5.41) is 0.868. The lowest BCUT2D eigenvalue weighted by Crippen LogP contribution is -2.51. The fourth-order valence-corrected chi connectivity index (χ4v) is 6.21. The summed E-state index contributed by atoms with van der Waals surface area (Å²) in [6.45, 7) is 5.05. The summed E-state index contributed by atoms with van der Waals surface area (Å²) in [7, 11) is 1.64. The number of rotatable bonds is 8. The van der Waals surface area contributed by atoms with E-state index in [0.29, 0.717) is 73.3 Å². The molecule has 6 nitrogen and oxygen atoms in total. The maximum atomic E-state index is 14.2. The number of amides is 2. The Morgan fingerprint density at radius 3 is 2.46 bits per heavy atom. The molecule has 1 saturated heterocycles. The summed E-state index contributed by atoms with van der Waals surface area (Å²) in [5.74, 6) is -0.715. The Kier molecular flexibility index (Phi) is 8.88. The molecule has 3 aromatic carbocycles. The Morgan fingerprint density at radius 2 is 1.78 bits per heavy atom. The second kappa shape index (κ2) is 12.4. The zero-order chi connectivity index (χ0) is 29.1. The minimum Gasteiger partial charge on any atom is -0.437 e. The van der Waals surface area contributed by atoms with Crippen LogP contribution in [0.2, 0.25) is 10.0 Å². The molecule has 1 fully saturated rings. The largest absolute Gasteiger partial charge is 0.437 e. The highest BCUT2D eigenvalue weighted by Crippen LogP contribution is 2.45. The van der Waals surface area contributed by atoms with Crippen molar-refractivity contribution in [3.8, 4) is 0 Å². The monoisotopic (exact) mass is 597 g/mol. The van der Waals surface area contributed by atoms with Gasteiger partial charge in [0.15, 0.2) is 0 Å². The van der Waals surface area contributed by atoms with Gasteiger partial charge in [0, 0.05) is 51.6 Å². The molecule has 2 heterocycles. The summed E-state index contributed by atoms with van der Waals surface area (Å²) in [6, 6.07) is 19.9. The number of carbonyl (C=O) groups excluding carboxylic acids is 2. The SMILES string of the molecule is CCN(Cc1ccccc1)C(=O)C(CCN1CCC2(CC1)OC(=O)N(C)c1ccc(F)cc12)c1ccc(Cl)c(Cl)c1. The van der Waals surface area contributed by atoms with Crippen molar-refractivity contribution < 1.29 is 18.7 Å². The van der Waals surface area contributed by atoms with Crippen molar-refractivity contribution in [3.05, 3.63) is 99.3 Å². The van der Waals surface area contributed by atoms with Gasteiger partial charge in [-0.1, -0.05) is 59.6 Å². The number of hydrogen-bond donors (Lipinski definition) is 0. The maximum Gasteiger partial charge on any atom is 0.414 e. The van der Waals surface area contributed by atoms with Crippen LogP contribution in [-0.2, 0) is 21.7 Å². The molecule has 2 amide bonds. The third-order valence-corrected chi connectivity index (χ3v) is 9.06. The smallest absolute Gasteiger partial charge is 0.414 e. The van der Waals surface area contributed by atoms with E-state index in [1.807, 2.05) is 48.2 Å². The molecule has 0 radical (unpaired) electrons. The number of likely N-dealkylation sites (tertiary alicyclic amines) is 1. The molecule has 41 heavy (non-hydrogen) atoms. The van der Waals surface area contributed by atoms with Crippen molar-refractivity contribution in [1.29, 1.82) is 0 Å². The van der Waals surface area contributed by atoms with Crippen LogP contribution in [0.4, 0.5) is 14.9 Å². The van der Waals surface area contributed by atoms with E-state index in [-0.39, 0.29) is 11.7 Å². The van der Waals surface area contributed by atoms with Crippen molar-refractivity contribution in [2.24, 2.45) is 0 Å². The van der Waals surface area contributed by atoms with Gasteiger partial charge in [-0.25, -0.2) is 9.18 Å². The van der Waals surface area contributed by atoms with Gasteiger partial charge in [0.25, 0.3) is 0 Å². The molecule has 5 rings (SSSR count). The van der Waals surface area contributed by atoms with Crippen molar-refractivity contribution in [3.63, 3.8) is 0 Å². The molecule has 0 aliphatic carbocycles. The van der Waals surface area contributed by atoms with Crippen LogP contribution in [0.5, 0.6) is 0 Å². The van der Waals surface area contributed by atoms with Crippen LogP contribution in [0, 0.1) is 5.82 Å². The van der Waals surface area contributed by atoms with E-state index in [1.54, 1.807) is 25.2 Å². The second-order valence-corrected chi connectivity index (χ2v) is 11.6. The van der Waals surface area contributed by atoms with E-state index >= 15 is 0 Å². The van der Waals surface area contributed by atoms with Crippen LogP contribution in [-0.4, -0.2) is 55.0 Å². The highest BCUT2D eigenvalue weighted by Gasteiger charge is 2.46. The Hall–Kier alpha value is -3.13. The highest BCUT2D eigenvalue weighted by molar-refractivity contribution is 6.42. The van der Waals surface area contributed by atoms with E-state index in [0.717, 1.165) is 11.1 Å². The molecule has 9 heteroatoms. The Morgan fingerprint density at radius 1 is 1.05 bits per heavy atom. The zero-order valence-electron chi connectivity index (χ0n) is 23.3. The lowest BCUT2D eigenvalue weighted by atomic mass is 9.81. The van der Waals surface area contributed by atoms with E-state index in [1.165, 1.54) is 17.0 Å². The maximum absolute atomic E-state index is 14.2. The molecular weight excluding hydrogens is 564 g/mol. The number of hydrogen-bond acceptors (Lipinski definition) is 4. The van der Waals surface area contributed by atoms with Gasteiger partial charge in [-0.15, -0.1) is 0 Å². The molecule has 2 aliphatic heterocycles. The van der Waals surface area contributed by atoms with E-state index in [2.05, 4.69) is 4.90 Å². The van der Waals surface area contributed by atoms with Gasteiger partial charge in [-0.05, 0) is 61.3 Å². The summed E-state index contributed by atoms with van der Waals surface area (Å²) in [5.41, 5.74) is 2.44. The first-order chi connectivity index (χ1) is 19.7. The minimum absolute atomic E-state index is 0.0388. The Bertz CT molecular complexity index is 1410. The molecule has 2 aliphatic rings. The minimum atomic E-state index is -0.856. The first kappa shape index (κ1) is 29.4. The van der Waals surface area contributed by atoms with Crippen molar-refractivity contribution in [1.82, 2.24) is 9.80 Å². The van der Waals surface area contributed by atoms with Gasteiger partial charge >= 0.3 is 6.09 Å². The third kappa shape index (κ3) is 6.22. The number of anilines is 1. The van der Waals surface area contributed by atoms with Crippen molar-refractivity contribution >= 4 is 40.9 Å². The van der Waals surface area contributed by atoms with Crippen LogP contribution in [0.1, 0.15) is 48.8 Å². The Balaban J connectivity index is 1.32. The van der Waals surface area contributed by atoms with Crippen LogP contribution in [0.25, 0.3) is 0 Å². The number of benzene rings is 3. The lowest BCUT2D eigenvalue weighted by molar-refractivity contribution is -0.133. The molecule has 0 aromatic heterocycles. The predicted octanol–water partition coefficient (Wildman–Crippen LogP) is 7.23. The summed E-state index contributed by atoms with van der Waals surface area (Å²) in [6.07, 6.45) is 1.25. The molecule has 1 spiro atoms. The first-order valence-electron chi connectivity index (χ1n) is 14.0. The molecular formula is C32H34Cl2FN3O3. The van der Waals surface area contributed by atoms with Gasteiger partial charge in [0.1, 0.15) is 11.4 Å². The van der Waals surface area contributed by atoms with E-state index < -0.39 is 17.6 Å². The third-order valence-electron chi connectivity index (χ3n) is 8.32. The number of carbonyl (C=O) groups is 2. The van der Waals surface area contributed by atoms with E-state index in [4.69, 9.17) is 27.9 Å². The number of nitrogens with zero attached hydrogens (tertiary/aromatic N) is 3. The van der Waals surface area contributed by atoms with Gasteiger partial charge < -0.3 is 14.5 Å². The summed E-state index contributed by atoms with van der Waals surface area (Å²) in [4.78, 5) is 32.2. The second-order valence-electron chi connectivity index (χ2n) is 10.8. The first-order valence-corrected chi connectivity index (χ1v) is 14.7. The number of ether oxygens (including phenoxy) is 1. The van der Waals surface area contributed by atoms with Crippen molar-refractivity contribution in [2.45, 2.75) is 44.2 Å². The topological polar surface area (TPSA) is 53.1 Å². The summed E-state index contributed by atoms with van der Waals surface area (Å²) < 4.78 is 20.2. The standard InChI is InChI=1S/C32H34Cl2FN3O3/c1-3-38(21-22-7-5-4-6-8-22)30(39)25(23-9-11-27(33)28(34)19-23)13-16-37-17-14-32(15-18-37)26-20-24(35)10-12-29(26)36(2)31(40)41-32/h4-12,19-20,25H,3,13-18,21H2,1-2H3. The molecule has 1 unspecified atom stereocenters. The van der Waals surface area contributed by atoms with Gasteiger partial charge in [-0.3, -0.25) is 9.69 Å². The number of halogens is 3. The highest BCUT2D eigenvalue weighted by atomic mass is 35.5. The number of piperidine rings is 1. The normalized spacial score (nSPS) is 17.2. The molecule has 0 saturated carbocycles. The Labute approximate surface area is 250 Å². The van der Waals surface area contributed by atoms with Crippen molar-refractivity contribution in [2.75, 3.05) is 38.1 Å². The average Bonchev–Trinajstić information content (AvgIpc) is 2.98. The van der Waals surface area contributed by atoms with Crippen LogP contribution >= 0.6 is 23.2 Å². The lowest BCUT2D eigenvalue weighted by Gasteiger charge is -2.46. The quantitative estimate of drug-likeness (QED) is 0.275. The fourth-order valence-electron chi connectivity index (χ4n) is 5.91. The van der Waals surface area contributed by atoms with Gasteiger partial charge in [0.05, 0.1) is 21.7 Å². The van der Waals surface area contributed by atoms with Crippen LogP contribution < -0.4 is 4.90 Å². The molecule has 1 atom stereocenters.